The van der Waals surface area contributed by atoms with Gasteiger partial charge in [0.05, 0.1) is 24.9 Å². The Morgan fingerprint density at radius 2 is 2.04 bits per heavy atom. The fraction of sp³-hybridized carbons (Fsp3) is 0.842. The summed E-state index contributed by atoms with van der Waals surface area (Å²) in [5.74, 6) is 0. The molecule has 1 heterocycles. The molecule has 5 nitrogen and oxygen atoms in total. The molecule has 136 valence electrons. The molecule has 1 aromatic heterocycles. The first kappa shape index (κ1) is 17.9. The molecule has 0 aliphatic heterocycles. The van der Waals surface area contributed by atoms with Crippen molar-refractivity contribution in [2.45, 2.75) is 78.1 Å². The number of rotatable bonds is 7. The van der Waals surface area contributed by atoms with Crippen molar-refractivity contribution in [1.82, 2.24) is 14.7 Å². The third-order valence-electron chi connectivity index (χ3n) is 6.43. The van der Waals surface area contributed by atoms with Crippen molar-refractivity contribution in [3.8, 4) is 0 Å². The molecule has 5 heteroatoms. The van der Waals surface area contributed by atoms with Crippen molar-refractivity contribution in [2.75, 3.05) is 20.3 Å². The van der Waals surface area contributed by atoms with Crippen LogP contribution in [0.1, 0.15) is 56.0 Å². The number of aliphatic hydroxyl groups is 1. The lowest BCUT2D eigenvalue weighted by molar-refractivity contribution is -0.162. The van der Waals surface area contributed by atoms with Crippen LogP contribution in [0.2, 0.25) is 0 Å². The number of aromatic nitrogens is 2. The van der Waals surface area contributed by atoms with E-state index in [0.29, 0.717) is 24.1 Å². The highest BCUT2D eigenvalue weighted by atomic mass is 16.5. The number of aliphatic hydroxyl groups excluding tert-OH is 1. The molecular formula is C19H33N3O2. The predicted octanol–water partition coefficient (Wildman–Crippen LogP) is 2.66. The first-order valence-corrected chi connectivity index (χ1v) is 9.49. The summed E-state index contributed by atoms with van der Waals surface area (Å²) in [7, 11) is 2.26. The van der Waals surface area contributed by atoms with E-state index in [1.165, 1.54) is 36.9 Å². The largest absolute Gasteiger partial charge is 0.394 e. The van der Waals surface area contributed by atoms with E-state index < -0.39 is 0 Å². The van der Waals surface area contributed by atoms with Crippen LogP contribution in [-0.4, -0.2) is 52.2 Å². The van der Waals surface area contributed by atoms with Crippen molar-refractivity contribution in [2.24, 2.45) is 5.41 Å². The molecule has 2 fully saturated rings. The lowest BCUT2D eigenvalue weighted by atomic mass is 9.60. The van der Waals surface area contributed by atoms with Gasteiger partial charge in [0.15, 0.2) is 0 Å². The van der Waals surface area contributed by atoms with Crippen molar-refractivity contribution in [3.63, 3.8) is 0 Å². The highest BCUT2D eigenvalue weighted by Gasteiger charge is 2.57. The van der Waals surface area contributed by atoms with Crippen LogP contribution in [0.25, 0.3) is 0 Å². The standard InChI is InChI=1S/C19H33N3O2/c1-5-24-18-12-17(19(18)8-6-7-9-19)21(4)13-16-14(2)20-22(10-11-23)15(16)3/h17-18,23H,5-13H2,1-4H3. The van der Waals surface area contributed by atoms with E-state index >= 15 is 0 Å². The first-order chi connectivity index (χ1) is 11.5. The van der Waals surface area contributed by atoms with E-state index in [0.717, 1.165) is 25.3 Å². The highest BCUT2D eigenvalue weighted by molar-refractivity contribution is 5.25. The van der Waals surface area contributed by atoms with E-state index in [1.807, 2.05) is 4.68 Å². The van der Waals surface area contributed by atoms with Crippen molar-refractivity contribution < 1.29 is 9.84 Å². The summed E-state index contributed by atoms with van der Waals surface area (Å²) in [6, 6.07) is 0.622. The van der Waals surface area contributed by atoms with E-state index in [1.54, 1.807) is 0 Å². The summed E-state index contributed by atoms with van der Waals surface area (Å²) in [6.45, 7) is 8.80. The molecule has 0 amide bonds. The van der Waals surface area contributed by atoms with Gasteiger partial charge < -0.3 is 9.84 Å². The van der Waals surface area contributed by atoms with Crippen LogP contribution >= 0.6 is 0 Å². The third-order valence-corrected chi connectivity index (χ3v) is 6.43. The second-order valence-electron chi connectivity index (χ2n) is 7.65. The molecule has 2 atom stereocenters. The zero-order valence-corrected chi connectivity index (χ0v) is 15.7. The molecule has 2 saturated carbocycles. The Morgan fingerprint density at radius 3 is 2.67 bits per heavy atom. The molecule has 0 aromatic carbocycles. The van der Waals surface area contributed by atoms with Gasteiger partial charge in [0.25, 0.3) is 0 Å². The second kappa shape index (κ2) is 7.14. The van der Waals surface area contributed by atoms with Crippen LogP contribution in [0.15, 0.2) is 0 Å². The molecule has 3 rings (SSSR count). The first-order valence-electron chi connectivity index (χ1n) is 9.49. The van der Waals surface area contributed by atoms with E-state index in [-0.39, 0.29) is 6.61 Å². The Kier molecular flexibility index (Phi) is 5.33. The fourth-order valence-electron chi connectivity index (χ4n) is 5.10. The molecule has 1 aromatic rings. The SMILES string of the molecule is CCOC1CC(N(C)Cc2c(C)nn(CCO)c2C)C12CCCC2. The topological polar surface area (TPSA) is 50.5 Å². The van der Waals surface area contributed by atoms with Gasteiger partial charge in [-0.1, -0.05) is 12.8 Å². The molecule has 0 radical (unpaired) electrons. The lowest BCUT2D eigenvalue weighted by Gasteiger charge is -2.57. The van der Waals surface area contributed by atoms with Crippen molar-refractivity contribution in [3.05, 3.63) is 17.0 Å². The highest BCUT2D eigenvalue weighted by Crippen LogP contribution is 2.56. The van der Waals surface area contributed by atoms with Gasteiger partial charge in [0.1, 0.15) is 0 Å². The summed E-state index contributed by atoms with van der Waals surface area (Å²) >= 11 is 0. The lowest BCUT2D eigenvalue weighted by Crippen LogP contribution is -2.62. The van der Waals surface area contributed by atoms with Crippen LogP contribution in [0.5, 0.6) is 0 Å². The Morgan fingerprint density at radius 1 is 1.33 bits per heavy atom. The average Bonchev–Trinajstić information content (AvgIpc) is 3.15. The Balaban J connectivity index is 1.72. The predicted molar refractivity (Wildman–Crippen MR) is 95.0 cm³/mol. The summed E-state index contributed by atoms with van der Waals surface area (Å²) in [5.41, 5.74) is 3.98. The van der Waals surface area contributed by atoms with Gasteiger partial charge in [0.2, 0.25) is 0 Å². The minimum atomic E-state index is 0.138. The zero-order valence-electron chi connectivity index (χ0n) is 15.7. The van der Waals surface area contributed by atoms with Gasteiger partial charge in [-0.3, -0.25) is 9.58 Å². The number of ether oxygens (including phenoxy) is 1. The smallest absolute Gasteiger partial charge is 0.0661 e. The van der Waals surface area contributed by atoms with Gasteiger partial charge in [-0.25, -0.2) is 0 Å². The van der Waals surface area contributed by atoms with Crippen molar-refractivity contribution >= 4 is 0 Å². The Bertz CT molecular complexity index is 563. The van der Waals surface area contributed by atoms with Crippen LogP contribution in [0, 0.1) is 19.3 Å². The van der Waals surface area contributed by atoms with E-state index in [2.05, 4.69) is 37.8 Å². The van der Waals surface area contributed by atoms with Gasteiger partial charge in [-0.05, 0) is 47.1 Å². The molecule has 0 bridgehead atoms. The maximum atomic E-state index is 9.20. The molecule has 0 saturated heterocycles. The zero-order chi connectivity index (χ0) is 17.3. The Hall–Kier alpha value is -0.910. The molecule has 1 spiro atoms. The maximum Gasteiger partial charge on any atom is 0.0661 e. The summed E-state index contributed by atoms with van der Waals surface area (Å²) in [6.07, 6.45) is 6.94. The molecule has 2 aliphatic rings. The van der Waals surface area contributed by atoms with E-state index in [4.69, 9.17) is 4.74 Å². The molecule has 2 aliphatic carbocycles. The maximum absolute atomic E-state index is 9.20. The molecule has 24 heavy (non-hydrogen) atoms. The normalized spacial score (nSPS) is 25.6. The molecular weight excluding hydrogens is 302 g/mol. The van der Waals surface area contributed by atoms with Gasteiger partial charge >= 0.3 is 0 Å². The number of hydrogen-bond acceptors (Lipinski definition) is 4. The number of aryl methyl sites for hydroxylation is 1. The minimum Gasteiger partial charge on any atom is -0.394 e. The second-order valence-corrected chi connectivity index (χ2v) is 7.65. The van der Waals surface area contributed by atoms with E-state index in [9.17, 15) is 5.11 Å². The monoisotopic (exact) mass is 335 g/mol. The van der Waals surface area contributed by atoms with Gasteiger partial charge in [0, 0.05) is 35.9 Å². The summed E-state index contributed by atoms with van der Waals surface area (Å²) in [5, 5.41) is 13.8. The molecule has 2 unspecified atom stereocenters. The molecule has 1 N–H and O–H groups in total. The summed E-state index contributed by atoms with van der Waals surface area (Å²) < 4.78 is 8.00. The quantitative estimate of drug-likeness (QED) is 0.832. The van der Waals surface area contributed by atoms with Crippen LogP contribution in [0.4, 0.5) is 0 Å². The van der Waals surface area contributed by atoms with Gasteiger partial charge in [-0.2, -0.15) is 5.10 Å². The summed E-state index contributed by atoms with van der Waals surface area (Å²) in [4.78, 5) is 2.53. The number of nitrogens with zero attached hydrogens (tertiary/aromatic N) is 3. The van der Waals surface area contributed by atoms with Crippen LogP contribution < -0.4 is 0 Å². The van der Waals surface area contributed by atoms with Crippen LogP contribution in [-0.2, 0) is 17.8 Å². The number of hydrogen-bond donors (Lipinski definition) is 1. The fourth-order valence-corrected chi connectivity index (χ4v) is 5.10. The van der Waals surface area contributed by atoms with Crippen molar-refractivity contribution in [1.29, 1.82) is 0 Å². The van der Waals surface area contributed by atoms with Gasteiger partial charge in [-0.15, -0.1) is 0 Å². The third kappa shape index (κ3) is 2.91. The average molecular weight is 335 g/mol. The Labute approximate surface area is 146 Å². The minimum absolute atomic E-state index is 0.138. The van der Waals surface area contributed by atoms with Crippen LogP contribution in [0.3, 0.4) is 0 Å².